The smallest absolute Gasteiger partial charge is 0.261 e. The molecule has 0 unspecified atom stereocenters. The molecule has 1 amide bonds. The van der Waals surface area contributed by atoms with Gasteiger partial charge in [-0.1, -0.05) is 57.5 Å². The first-order valence-electron chi connectivity index (χ1n) is 10.0. The Morgan fingerprint density at radius 3 is 2.18 bits per heavy atom. The lowest BCUT2D eigenvalue weighted by Crippen LogP contribution is -2.29. The molecule has 1 aromatic carbocycles. The number of carbonyl (C=O) groups is 1. The number of aryl methyl sites for hydroxylation is 2. The molecule has 0 atom stereocenters. The number of carbonyl (C=O) groups excluding carboxylic acids is 1. The molecule has 4 nitrogen and oxygen atoms in total. The van der Waals surface area contributed by atoms with Crippen LogP contribution in [-0.2, 0) is 19.4 Å². The largest absolute Gasteiger partial charge is 0.347 e. The van der Waals surface area contributed by atoms with Crippen molar-refractivity contribution >= 4 is 23.2 Å². The van der Waals surface area contributed by atoms with Crippen LogP contribution in [-0.4, -0.2) is 10.5 Å². The number of para-hydroxylation sites is 1. The Balaban J connectivity index is 2.54. The van der Waals surface area contributed by atoms with Gasteiger partial charge in [0.05, 0.1) is 0 Å². The summed E-state index contributed by atoms with van der Waals surface area (Å²) in [5, 5.41) is 3.13. The molecule has 28 heavy (non-hydrogen) atoms. The Bertz CT molecular complexity index is 907. The fourth-order valence-corrected chi connectivity index (χ4v) is 3.71. The van der Waals surface area contributed by atoms with Gasteiger partial charge in [-0.05, 0) is 50.2 Å². The number of benzene rings is 1. The maximum atomic E-state index is 13.2. The monoisotopic (exact) mass is 402 g/mol. The third kappa shape index (κ3) is 4.49. The number of halogens is 1. The molecule has 5 heteroatoms. The summed E-state index contributed by atoms with van der Waals surface area (Å²) in [6.45, 7) is 12.8. The molecular formula is C23H31ClN2O2. The molecule has 152 valence electrons. The highest BCUT2D eigenvalue weighted by molar-refractivity contribution is 6.31. The van der Waals surface area contributed by atoms with Crippen LogP contribution in [0.15, 0.2) is 23.0 Å². The average molecular weight is 403 g/mol. The van der Waals surface area contributed by atoms with Crippen molar-refractivity contribution in [3.05, 3.63) is 61.5 Å². The van der Waals surface area contributed by atoms with Crippen LogP contribution >= 0.6 is 11.6 Å². The van der Waals surface area contributed by atoms with Crippen molar-refractivity contribution in [2.24, 2.45) is 5.92 Å². The predicted octanol–water partition coefficient (Wildman–Crippen LogP) is 5.54. The summed E-state index contributed by atoms with van der Waals surface area (Å²) >= 11 is 6.33. The normalized spacial score (nSPS) is 11.1. The van der Waals surface area contributed by atoms with Crippen LogP contribution in [0.4, 0.5) is 5.69 Å². The Morgan fingerprint density at radius 1 is 1.11 bits per heavy atom. The number of rotatable bonds is 7. The van der Waals surface area contributed by atoms with E-state index in [4.69, 9.17) is 11.6 Å². The van der Waals surface area contributed by atoms with Crippen LogP contribution in [0.5, 0.6) is 0 Å². The van der Waals surface area contributed by atoms with E-state index in [1.165, 1.54) is 0 Å². The van der Waals surface area contributed by atoms with Crippen molar-refractivity contribution in [2.45, 2.75) is 67.3 Å². The standard InChI is InChI=1S/C23H31ClN2O2/c1-7-17-10-9-11-18(8-2)21(17)25-23(28)19-15(5)26(13-12-14(3)4)16(6)20(24)22(19)27/h9-11,14H,7-8,12-13H2,1-6H3,(H,25,28). The lowest BCUT2D eigenvalue weighted by molar-refractivity contribution is 0.102. The van der Waals surface area contributed by atoms with E-state index in [0.717, 1.165) is 42.6 Å². The third-order valence-corrected chi connectivity index (χ3v) is 5.76. The molecule has 0 bridgehead atoms. The summed E-state index contributed by atoms with van der Waals surface area (Å²) in [5.41, 5.74) is 4.03. The molecule has 0 saturated heterocycles. The van der Waals surface area contributed by atoms with Crippen molar-refractivity contribution in [1.29, 1.82) is 0 Å². The van der Waals surface area contributed by atoms with Gasteiger partial charge in [0, 0.05) is 23.6 Å². The van der Waals surface area contributed by atoms with Crippen LogP contribution in [0.25, 0.3) is 0 Å². The van der Waals surface area contributed by atoms with E-state index < -0.39 is 11.3 Å². The van der Waals surface area contributed by atoms with E-state index >= 15 is 0 Å². The number of hydrogen-bond acceptors (Lipinski definition) is 2. The van der Waals surface area contributed by atoms with Gasteiger partial charge in [-0.3, -0.25) is 9.59 Å². The molecule has 0 fully saturated rings. The van der Waals surface area contributed by atoms with Gasteiger partial charge in [0.1, 0.15) is 10.6 Å². The second kappa shape index (κ2) is 9.42. The van der Waals surface area contributed by atoms with Crippen molar-refractivity contribution in [1.82, 2.24) is 4.57 Å². The highest BCUT2D eigenvalue weighted by Crippen LogP contribution is 2.24. The van der Waals surface area contributed by atoms with Crippen molar-refractivity contribution in [3.8, 4) is 0 Å². The van der Waals surface area contributed by atoms with Crippen molar-refractivity contribution < 1.29 is 4.79 Å². The fraction of sp³-hybridized carbons (Fsp3) is 0.478. The molecular weight excluding hydrogens is 372 g/mol. The van der Waals surface area contributed by atoms with E-state index in [2.05, 4.69) is 33.0 Å². The molecule has 0 aliphatic heterocycles. The van der Waals surface area contributed by atoms with E-state index in [-0.39, 0.29) is 10.6 Å². The number of nitrogens with one attached hydrogen (secondary N) is 1. The molecule has 0 aliphatic carbocycles. The minimum Gasteiger partial charge on any atom is -0.347 e. The van der Waals surface area contributed by atoms with E-state index in [0.29, 0.717) is 17.3 Å². The highest BCUT2D eigenvalue weighted by atomic mass is 35.5. The summed E-state index contributed by atoms with van der Waals surface area (Å²) in [7, 11) is 0. The second-order valence-corrected chi connectivity index (χ2v) is 8.01. The van der Waals surface area contributed by atoms with Crippen LogP contribution in [0.1, 0.15) is 67.0 Å². The lowest BCUT2D eigenvalue weighted by Gasteiger charge is -2.20. The van der Waals surface area contributed by atoms with Gasteiger partial charge >= 0.3 is 0 Å². The molecule has 0 aliphatic rings. The average Bonchev–Trinajstić information content (AvgIpc) is 2.66. The first kappa shape index (κ1) is 22.2. The van der Waals surface area contributed by atoms with Crippen molar-refractivity contribution in [3.63, 3.8) is 0 Å². The zero-order chi connectivity index (χ0) is 21.0. The number of amides is 1. The minimum absolute atomic E-state index is 0.124. The van der Waals surface area contributed by atoms with Crippen LogP contribution in [0, 0.1) is 19.8 Å². The summed E-state index contributed by atoms with van der Waals surface area (Å²) in [4.78, 5) is 26.0. The Labute approximate surface area is 172 Å². The predicted molar refractivity (Wildman–Crippen MR) is 118 cm³/mol. The first-order chi connectivity index (χ1) is 13.2. The number of pyridine rings is 1. The van der Waals surface area contributed by atoms with E-state index in [1.807, 2.05) is 36.6 Å². The summed E-state index contributed by atoms with van der Waals surface area (Å²) < 4.78 is 1.99. The zero-order valence-corrected chi connectivity index (χ0v) is 18.5. The number of anilines is 1. The Kier molecular flexibility index (Phi) is 7.48. The maximum Gasteiger partial charge on any atom is 0.261 e. The first-order valence-corrected chi connectivity index (χ1v) is 10.4. The molecule has 2 aromatic rings. The molecule has 1 N–H and O–H groups in total. The maximum absolute atomic E-state index is 13.2. The zero-order valence-electron chi connectivity index (χ0n) is 17.8. The minimum atomic E-state index is -0.401. The summed E-state index contributed by atoms with van der Waals surface area (Å²) in [6.07, 6.45) is 2.55. The van der Waals surface area contributed by atoms with Crippen molar-refractivity contribution in [2.75, 3.05) is 5.32 Å². The van der Waals surface area contributed by atoms with Gasteiger partial charge in [-0.15, -0.1) is 0 Å². The molecule has 2 rings (SSSR count). The van der Waals surface area contributed by atoms with Crippen LogP contribution < -0.4 is 10.7 Å². The summed E-state index contributed by atoms with van der Waals surface area (Å²) in [5.74, 6) is 0.121. The molecule has 1 heterocycles. The van der Waals surface area contributed by atoms with Gasteiger partial charge in [-0.2, -0.15) is 0 Å². The molecule has 1 aromatic heterocycles. The molecule has 0 radical (unpaired) electrons. The van der Waals surface area contributed by atoms with Gasteiger partial charge in [-0.25, -0.2) is 0 Å². The van der Waals surface area contributed by atoms with Crippen LogP contribution in [0.2, 0.25) is 5.02 Å². The summed E-state index contributed by atoms with van der Waals surface area (Å²) in [6, 6.07) is 6.01. The molecule has 0 saturated carbocycles. The van der Waals surface area contributed by atoms with E-state index in [1.54, 1.807) is 0 Å². The topological polar surface area (TPSA) is 51.1 Å². The molecule has 0 spiro atoms. The van der Waals surface area contributed by atoms with Gasteiger partial charge in [0.25, 0.3) is 5.91 Å². The SMILES string of the molecule is CCc1cccc(CC)c1NC(=O)c1c(C)n(CCC(C)C)c(C)c(Cl)c1=O. The lowest BCUT2D eigenvalue weighted by atomic mass is 10.0. The quantitative estimate of drug-likeness (QED) is 0.660. The van der Waals surface area contributed by atoms with Gasteiger partial charge in [0.2, 0.25) is 5.43 Å². The number of aromatic nitrogens is 1. The van der Waals surface area contributed by atoms with E-state index in [9.17, 15) is 9.59 Å². The Morgan fingerprint density at radius 2 is 1.68 bits per heavy atom. The number of nitrogens with zero attached hydrogens (tertiary/aromatic N) is 1. The van der Waals surface area contributed by atoms with Crippen LogP contribution in [0.3, 0.4) is 0 Å². The highest BCUT2D eigenvalue weighted by Gasteiger charge is 2.22. The van der Waals surface area contributed by atoms with Gasteiger partial charge < -0.3 is 9.88 Å². The third-order valence-electron chi connectivity index (χ3n) is 5.31. The second-order valence-electron chi connectivity index (χ2n) is 7.64. The van der Waals surface area contributed by atoms with Gasteiger partial charge in [0.15, 0.2) is 0 Å². The number of hydrogen-bond donors (Lipinski definition) is 1. The Hall–Kier alpha value is -2.07. The fourth-order valence-electron chi connectivity index (χ4n) is 3.51.